The predicted octanol–water partition coefficient (Wildman–Crippen LogP) is 5.97. The van der Waals surface area contributed by atoms with Crippen molar-refractivity contribution in [3.63, 3.8) is 0 Å². The molecule has 1 aliphatic carbocycles. The molecule has 1 fully saturated rings. The van der Waals surface area contributed by atoms with Gasteiger partial charge in [-0.1, -0.05) is 56.7 Å². The maximum Gasteiger partial charge on any atom is 0.331 e. The first kappa shape index (κ1) is 23.1. The second-order valence-corrected chi connectivity index (χ2v) is 9.32. The van der Waals surface area contributed by atoms with Crippen molar-refractivity contribution in [1.29, 1.82) is 0 Å². The van der Waals surface area contributed by atoms with Crippen molar-refractivity contribution in [2.24, 2.45) is 17.3 Å². The van der Waals surface area contributed by atoms with Crippen LogP contribution < -0.4 is 0 Å². The molecule has 0 amide bonds. The van der Waals surface area contributed by atoms with E-state index >= 15 is 0 Å². The highest BCUT2D eigenvalue weighted by atomic mass is 16.6. The Labute approximate surface area is 165 Å². The van der Waals surface area contributed by atoms with E-state index in [1.165, 1.54) is 6.08 Å². The summed E-state index contributed by atoms with van der Waals surface area (Å²) in [5.41, 5.74) is 1.61. The van der Waals surface area contributed by atoms with Gasteiger partial charge in [-0.15, -0.1) is 0 Å². The van der Waals surface area contributed by atoms with Gasteiger partial charge in [0.2, 0.25) is 0 Å². The van der Waals surface area contributed by atoms with Gasteiger partial charge in [0.1, 0.15) is 11.4 Å². The number of hydrogen-bond donors (Lipinski definition) is 0. The highest BCUT2D eigenvalue weighted by Crippen LogP contribution is 2.43. The largest absolute Gasteiger partial charge is 0.457 e. The first-order valence-corrected chi connectivity index (χ1v) is 9.79. The van der Waals surface area contributed by atoms with Crippen LogP contribution in [0.5, 0.6) is 0 Å². The molecule has 2 unspecified atom stereocenters. The molecule has 1 aliphatic rings. The fraction of sp³-hybridized carbons (Fsp3) is 0.583. The summed E-state index contributed by atoms with van der Waals surface area (Å²) in [5, 5.41) is 0. The minimum atomic E-state index is -0.482. The highest BCUT2D eigenvalue weighted by Gasteiger charge is 2.39. The zero-order chi connectivity index (χ0) is 20.8. The van der Waals surface area contributed by atoms with Gasteiger partial charge in [-0.3, -0.25) is 4.79 Å². The van der Waals surface area contributed by atoms with Crippen LogP contribution in [-0.2, 0) is 14.3 Å². The minimum absolute atomic E-state index is 0.0762. The first-order chi connectivity index (χ1) is 12.3. The summed E-state index contributed by atoms with van der Waals surface area (Å²) >= 11 is 0. The Kier molecular flexibility index (Phi) is 8.01. The van der Waals surface area contributed by atoms with Crippen LogP contribution in [0.4, 0.5) is 0 Å². The molecule has 3 nitrogen and oxygen atoms in total. The van der Waals surface area contributed by atoms with Crippen molar-refractivity contribution < 1.29 is 14.3 Å². The van der Waals surface area contributed by atoms with Gasteiger partial charge in [-0.25, -0.2) is 4.79 Å². The Morgan fingerprint density at radius 3 is 2.37 bits per heavy atom. The highest BCUT2D eigenvalue weighted by molar-refractivity contribution is 5.83. The van der Waals surface area contributed by atoms with E-state index in [2.05, 4.69) is 26.0 Å². The quantitative estimate of drug-likeness (QED) is 0.339. The van der Waals surface area contributed by atoms with E-state index < -0.39 is 5.60 Å². The van der Waals surface area contributed by atoms with Gasteiger partial charge in [-0.2, -0.15) is 0 Å². The summed E-state index contributed by atoms with van der Waals surface area (Å²) in [4.78, 5) is 23.8. The summed E-state index contributed by atoms with van der Waals surface area (Å²) in [7, 11) is 0. The number of rotatable bonds is 5. The number of ketones is 1. The molecule has 0 aliphatic heterocycles. The molecule has 1 saturated carbocycles. The molecule has 1 rings (SSSR count). The lowest BCUT2D eigenvalue weighted by atomic mass is 9.63. The number of ether oxygens (including phenoxy) is 1. The van der Waals surface area contributed by atoms with Crippen LogP contribution in [0.1, 0.15) is 68.2 Å². The van der Waals surface area contributed by atoms with E-state index in [4.69, 9.17) is 4.74 Å². The lowest BCUT2D eigenvalue weighted by Crippen LogP contribution is -2.37. The third-order valence-electron chi connectivity index (χ3n) is 5.00. The lowest BCUT2D eigenvalue weighted by Gasteiger charge is -2.40. The number of carbonyl (C=O) groups is 2. The second-order valence-electron chi connectivity index (χ2n) is 9.32. The standard InChI is InChI=1S/C24H36O3/c1-17(10-9-11-18(2)16-22(26)27-23(4,5)6)12-13-20-19(3)21(25)14-15-24(20,7)8/h9-13,16,19-20H,14-15H2,1-8H3. The molecule has 27 heavy (non-hydrogen) atoms. The van der Waals surface area contributed by atoms with Crippen molar-refractivity contribution in [3.8, 4) is 0 Å². The van der Waals surface area contributed by atoms with E-state index in [1.54, 1.807) is 0 Å². The van der Waals surface area contributed by atoms with E-state index in [1.807, 2.05) is 59.8 Å². The fourth-order valence-corrected chi connectivity index (χ4v) is 3.37. The van der Waals surface area contributed by atoms with Crippen molar-refractivity contribution in [2.45, 2.75) is 73.8 Å². The molecule has 2 atom stereocenters. The number of allylic oxidation sites excluding steroid dienone is 7. The van der Waals surface area contributed by atoms with Gasteiger partial charge < -0.3 is 4.74 Å². The molecular formula is C24H36O3. The molecular weight excluding hydrogens is 336 g/mol. The zero-order valence-corrected chi connectivity index (χ0v) is 18.3. The van der Waals surface area contributed by atoms with E-state index in [0.717, 1.165) is 17.6 Å². The third-order valence-corrected chi connectivity index (χ3v) is 5.00. The molecule has 150 valence electrons. The maximum atomic E-state index is 12.1. The SMILES string of the molecule is CC(C=CC1C(C)C(=O)CCC1(C)C)=CC=CC(C)=CC(=O)OC(C)(C)C. The molecule has 0 N–H and O–H groups in total. The summed E-state index contributed by atoms with van der Waals surface area (Å²) in [6.45, 7) is 16.0. The summed E-state index contributed by atoms with van der Waals surface area (Å²) in [5.74, 6) is 0.379. The van der Waals surface area contributed by atoms with Gasteiger partial charge in [0.25, 0.3) is 0 Å². The number of hydrogen-bond acceptors (Lipinski definition) is 3. The zero-order valence-electron chi connectivity index (χ0n) is 18.3. The summed E-state index contributed by atoms with van der Waals surface area (Å²) in [6.07, 6.45) is 13.2. The van der Waals surface area contributed by atoms with Crippen LogP contribution in [-0.4, -0.2) is 17.4 Å². The molecule has 0 bridgehead atoms. The average molecular weight is 373 g/mol. The van der Waals surface area contributed by atoms with Gasteiger partial charge in [0.15, 0.2) is 0 Å². The Morgan fingerprint density at radius 2 is 1.78 bits per heavy atom. The first-order valence-electron chi connectivity index (χ1n) is 9.79. The van der Waals surface area contributed by atoms with Crippen LogP contribution in [0.2, 0.25) is 0 Å². The van der Waals surface area contributed by atoms with Crippen molar-refractivity contribution in [2.75, 3.05) is 0 Å². The van der Waals surface area contributed by atoms with Gasteiger partial charge >= 0.3 is 5.97 Å². The van der Waals surface area contributed by atoms with Crippen molar-refractivity contribution in [3.05, 3.63) is 47.6 Å². The van der Waals surface area contributed by atoms with E-state index in [0.29, 0.717) is 12.2 Å². The van der Waals surface area contributed by atoms with Gasteiger partial charge in [-0.05, 0) is 57.9 Å². The molecule has 0 radical (unpaired) electrons. The van der Waals surface area contributed by atoms with E-state index in [9.17, 15) is 9.59 Å². The molecule has 0 saturated heterocycles. The Balaban J connectivity index is 2.73. The van der Waals surface area contributed by atoms with Crippen molar-refractivity contribution in [1.82, 2.24) is 0 Å². The Morgan fingerprint density at radius 1 is 1.15 bits per heavy atom. The Bertz CT molecular complexity index is 666. The molecule has 0 aromatic heterocycles. The van der Waals surface area contributed by atoms with Gasteiger partial charge in [0, 0.05) is 18.4 Å². The second kappa shape index (κ2) is 9.34. The molecule has 0 spiro atoms. The lowest BCUT2D eigenvalue weighted by molar-refractivity contribution is -0.148. The molecule has 0 heterocycles. The molecule has 0 aromatic rings. The summed E-state index contributed by atoms with van der Waals surface area (Å²) < 4.78 is 5.28. The monoisotopic (exact) mass is 372 g/mol. The minimum Gasteiger partial charge on any atom is -0.457 e. The number of carbonyl (C=O) groups excluding carboxylic acids is 2. The Hall–Kier alpha value is -1.90. The summed E-state index contributed by atoms with van der Waals surface area (Å²) in [6, 6.07) is 0. The van der Waals surface area contributed by atoms with Crippen LogP contribution in [0, 0.1) is 17.3 Å². The van der Waals surface area contributed by atoms with Gasteiger partial charge in [0.05, 0.1) is 0 Å². The maximum absolute atomic E-state index is 12.1. The predicted molar refractivity (Wildman–Crippen MR) is 112 cm³/mol. The molecule has 0 aromatic carbocycles. The molecule has 3 heteroatoms. The topological polar surface area (TPSA) is 43.4 Å². The van der Waals surface area contributed by atoms with Crippen LogP contribution in [0.15, 0.2) is 47.6 Å². The third kappa shape index (κ3) is 8.11. The number of esters is 1. The van der Waals surface area contributed by atoms with E-state index in [-0.39, 0.29) is 23.2 Å². The smallest absolute Gasteiger partial charge is 0.331 e. The average Bonchev–Trinajstić information content (AvgIpc) is 2.49. The van der Waals surface area contributed by atoms with Crippen molar-refractivity contribution >= 4 is 11.8 Å². The number of Topliss-reactive ketones (excluding diaryl/α,β-unsaturated/α-hetero) is 1. The van der Waals surface area contributed by atoms with Crippen LogP contribution in [0.25, 0.3) is 0 Å². The normalized spacial score (nSPS) is 24.7. The van der Waals surface area contributed by atoms with Crippen LogP contribution >= 0.6 is 0 Å². The fourth-order valence-electron chi connectivity index (χ4n) is 3.37. The van der Waals surface area contributed by atoms with Crippen LogP contribution in [0.3, 0.4) is 0 Å².